The second-order valence-corrected chi connectivity index (χ2v) is 12.3. The number of nitrogens with zero attached hydrogens (tertiary/aromatic N) is 4. The van der Waals surface area contributed by atoms with Crippen molar-refractivity contribution in [3.63, 3.8) is 0 Å². The second kappa shape index (κ2) is 22.4. The molecule has 0 aliphatic rings. The fourth-order valence-electron chi connectivity index (χ4n) is 3.45. The van der Waals surface area contributed by atoms with Crippen LogP contribution in [-0.2, 0) is 29.8 Å². The molecule has 54 heavy (non-hydrogen) atoms. The molecule has 0 amide bonds. The molecule has 0 radical (unpaired) electrons. The van der Waals surface area contributed by atoms with E-state index in [1.165, 1.54) is 6.92 Å². The van der Waals surface area contributed by atoms with Crippen molar-refractivity contribution in [3.05, 3.63) is 67.9 Å². The molecule has 0 fully saturated rings. The topological polar surface area (TPSA) is 275 Å². The largest absolute Gasteiger partial charge is 0.480 e. The number of nitro benzene ring substituents is 1. The smallest absolute Gasteiger partial charge is 0.416 e. The van der Waals surface area contributed by atoms with E-state index in [-0.39, 0.29) is 28.4 Å². The van der Waals surface area contributed by atoms with Gasteiger partial charge in [-0.2, -0.15) is 28.1 Å². The number of nitrogens with one attached hydrogen (secondary N) is 3. The summed E-state index contributed by atoms with van der Waals surface area (Å²) in [6.07, 6.45) is -6.54. The molecule has 0 aliphatic heterocycles. The van der Waals surface area contributed by atoms with Crippen LogP contribution in [-0.4, -0.2) is 91.3 Å². The summed E-state index contributed by atoms with van der Waals surface area (Å²) in [6.45, 7) is 7.81. The van der Waals surface area contributed by atoms with Crippen LogP contribution in [0.5, 0.6) is 11.5 Å². The summed E-state index contributed by atoms with van der Waals surface area (Å²) in [4.78, 5) is 72.4. The van der Waals surface area contributed by atoms with Crippen molar-refractivity contribution in [2.24, 2.45) is 0 Å². The number of carbonyl (C=O) groups is 3. The molecule has 0 aliphatic carbocycles. The van der Waals surface area contributed by atoms with Gasteiger partial charge in [0.25, 0.3) is 5.69 Å². The summed E-state index contributed by atoms with van der Waals surface area (Å²) in [5.74, 6) is -2.50. The highest BCUT2D eigenvalue weighted by molar-refractivity contribution is 7.51. The number of hydrogen-bond acceptors (Lipinski definition) is 15. The SMILES string of the molecule is CCNc1nc(Cl)nc(NCC)n1.CCOC(=O)C(C)OC(=O)c1cc(Oc2ccc(C(F)(F)F)cc2Cl)ccc1[N+](=O)[O-].O=C(O)CNCP(=O)(O)O. The van der Waals surface area contributed by atoms with E-state index in [0.29, 0.717) is 18.0 Å². The van der Waals surface area contributed by atoms with Gasteiger partial charge in [0.1, 0.15) is 17.1 Å². The molecular weight excluding hydrogens is 797 g/mol. The van der Waals surface area contributed by atoms with E-state index in [4.69, 9.17) is 52.3 Å². The average molecular weight is 833 g/mol. The Bertz CT molecular complexity index is 1780. The Kier molecular flexibility index (Phi) is 19.5. The minimum atomic E-state index is -4.61. The number of anilines is 2. The van der Waals surface area contributed by atoms with Crippen LogP contribution < -0.4 is 20.7 Å². The van der Waals surface area contributed by atoms with Crippen molar-refractivity contribution in [2.45, 2.75) is 40.0 Å². The number of carboxylic acid groups (broad SMARTS) is 1. The first-order chi connectivity index (χ1) is 25.1. The zero-order chi connectivity index (χ0) is 41.2. The van der Waals surface area contributed by atoms with E-state index < -0.39 is 72.4 Å². The highest BCUT2D eigenvalue weighted by Crippen LogP contribution is 2.37. The summed E-state index contributed by atoms with van der Waals surface area (Å²) in [7, 11) is -4.10. The van der Waals surface area contributed by atoms with E-state index in [1.54, 1.807) is 6.92 Å². The minimum absolute atomic E-state index is 0.0398. The number of halogens is 5. The molecule has 3 aromatic rings. The van der Waals surface area contributed by atoms with Crippen molar-refractivity contribution in [2.75, 3.05) is 43.2 Å². The molecule has 0 spiro atoms. The monoisotopic (exact) mass is 831 g/mol. The Labute approximate surface area is 314 Å². The van der Waals surface area contributed by atoms with E-state index in [0.717, 1.165) is 43.4 Å². The lowest BCUT2D eigenvalue weighted by Crippen LogP contribution is -2.26. The highest BCUT2D eigenvalue weighted by atomic mass is 35.5. The number of alkyl halides is 3. The van der Waals surface area contributed by atoms with Gasteiger partial charge in [-0.1, -0.05) is 11.6 Å². The fourth-order valence-corrected chi connectivity index (χ4v) is 4.24. The fraction of sp³-hybridized carbons (Fsp3) is 0.379. The summed E-state index contributed by atoms with van der Waals surface area (Å²) < 4.78 is 63.3. The predicted octanol–water partition coefficient (Wildman–Crippen LogP) is 5.35. The predicted molar refractivity (Wildman–Crippen MR) is 187 cm³/mol. The summed E-state index contributed by atoms with van der Waals surface area (Å²) in [5, 5.41) is 27.0. The third-order valence-corrected chi connectivity index (χ3v) is 6.75. The number of carbonyl (C=O) groups excluding carboxylic acids is 2. The van der Waals surface area contributed by atoms with Crippen LogP contribution in [0, 0.1) is 10.1 Å². The Hall–Kier alpha value is -4.86. The first-order valence-corrected chi connectivity index (χ1v) is 17.7. The lowest BCUT2D eigenvalue weighted by Gasteiger charge is -2.13. The van der Waals surface area contributed by atoms with Gasteiger partial charge >= 0.3 is 31.7 Å². The molecular formula is C29H35Cl2F3N7O12P. The number of esters is 2. The number of ether oxygens (including phenoxy) is 3. The maximum atomic E-state index is 12.8. The van der Waals surface area contributed by atoms with Crippen LogP contribution in [0.2, 0.25) is 10.3 Å². The van der Waals surface area contributed by atoms with Crippen molar-refractivity contribution < 1.29 is 66.1 Å². The maximum Gasteiger partial charge on any atom is 0.416 e. The van der Waals surface area contributed by atoms with Gasteiger partial charge in [0.05, 0.1) is 34.9 Å². The summed E-state index contributed by atoms with van der Waals surface area (Å²) in [6, 6.07) is 5.37. The van der Waals surface area contributed by atoms with Gasteiger partial charge in [-0.15, -0.1) is 0 Å². The van der Waals surface area contributed by atoms with Gasteiger partial charge in [0, 0.05) is 25.2 Å². The van der Waals surface area contributed by atoms with Crippen LogP contribution in [0.15, 0.2) is 36.4 Å². The molecule has 19 nitrogen and oxygen atoms in total. The van der Waals surface area contributed by atoms with Crippen LogP contribution in [0.3, 0.4) is 0 Å². The lowest BCUT2D eigenvalue weighted by atomic mass is 10.1. The number of carboxylic acids is 1. The molecule has 1 atom stereocenters. The number of hydrogen-bond donors (Lipinski definition) is 6. The van der Waals surface area contributed by atoms with E-state index >= 15 is 0 Å². The van der Waals surface area contributed by atoms with Gasteiger partial charge in [0.15, 0.2) is 6.10 Å². The summed E-state index contributed by atoms with van der Waals surface area (Å²) >= 11 is 11.5. The number of nitro groups is 1. The molecule has 1 unspecified atom stereocenters. The average Bonchev–Trinajstić information content (AvgIpc) is 3.05. The minimum Gasteiger partial charge on any atom is -0.480 e. The molecule has 6 N–H and O–H groups in total. The van der Waals surface area contributed by atoms with Crippen LogP contribution in [0.25, 0.3) is 0 Å². The molecule has 0 saturated heterocycles. The first kappa shape index (κ1) is 47.2. The third-order valence-electron chi connectivity index (χ3n) is 5.65. The Balaban J connectivity index is 0.000000516. The van der Waals surface area contributed by atoms with Gasteiger partial charge in [-0.3, -0.25) is 24.8 Å². The van der Waals surface area contributed by atoms with E-state index in [1.807, 2.05) is 13.8 Å². The van der Waals surface area contributed by atoms with E-state index in [9.17, 15) is 42.2 Å². The standard InChI is InChI=1S/C19H15ClF3NO7.C7H12ClN5.C3H8NO5P/c1-3-29-17(25)10(2)30-18(26)13-9-12(5-6-15(13)24(27)28)31-16-7-4-11(8-14(16)20)19(21,22)23;1-3-9-6-11-5(8)12-7(13-6)10-4-2;5-3(6)1-4-2-10(7,8)9/h4-10H,3H2,1-2H3;3-4H2,1-2H3,(H2,9,10,11,12,13);4H,1-2H2,(H,5,6)(H2,7,8,9). The zero-order valence-electron chi connectivity index (χ0n) is 28.7. The quantitative estimate of drug-likeness (QED) is 0.0487. The maximum absolute atomic E-state index is 12.8. The lowest BCUT2D eigenvalue weighted by molar-refractivity contribution is -0.385. The Morgan fingerprint density at radius 3 is 2.06 bits per heavy atom. The Morgan fingerprint density at radius 1 is 1.00 bits per heavy atom. The number of rotatable bonds is 15. The number of benzene rings is 2. The van der Waals surface area contributed by atoms with Crippen LogP contribution in [0.1, 0.15) is 43.6 Å². The van der Waals surface area contributed by atoms with Gasteiger partial charge < -0.3 is 39.7 Å². The van der Waals surface area contributed by atoms with E-state index in [2.05, 4.69) is 30.9 Å². The normalized spacial score (nSPS) is 11.4. The molecule has 298 valence electrons. The number of aromatic nitrogens is 3. The third kappa shape index (κ3) is 17.8. The molecule has 0 saturated carbocycles. The summed E-state index contributed by atoms with van der Waals surface area (Å²) in [5.41, 5.74) is -2.17. The molecule has 2 aromatic carbocycles. The highest BCUT2D eigenvalue weighted by Gasteiger charge is 2.31. The van der Waals surface area contributed by atoms with Crippen LogP contribution >= 0.6 is 30.8 Å². The first-order valence-electron chi connectivity index (χ1n) is 15.2. The molecule has 1 heterocycles. The van der Waals surface area contributed by atoms with Crippen LogP contribution in [0.4, 0.5) is 30.8 Å². The Morgan fingerprint density at radius 2 is 1.59 bits per heavy atom. The van der Waals surface area contributed by atoms with Gasteiger partial charge in [-0.05, 0) is 63.6 Å². The zero-order valence-corrected chi connectivity index (χ0v) is 31.1. The van der Waals surface area contributed by atoms with Crippen molar-refractivity contribution in [1.29, 1.82) is 0 Å². The van der Waals surface area contributed by atoms with Crippen molar-refractivity contribution in [3.8, 4) is 11.5 Å². The second-order valence-electron chi connectivity index (χ2n) is 9.94. The molecule has 25 heteroatoms. The molecule has 1 aromatic heterocycles. The van der Waals surface area contributed by atoms with Crippen molar-refractivity contribution in [1.82, 2.24) is 20.3 Å². The molecule has 0 bridgehead atoms. The number of aliphatic carboxylic acids is 1. The van der Waals surface area contributed by atoms with Gasteiger partial charge in [-0.25, -0.2) is 9.59 Å². The molecule has 3 rings (SSSR count). The van der Waals surface area contributed by atoms with Gasteiger partial charge in [0.2, 0.25) is 17.2 Å². The van der Waals surface area contributed by atoms with Crippen molar-refractivity contribution >= 4 is 66.3 Å².